The fourth-order valence-electron chi connectivity index (χ4n) is 2.65. The van der Waals surface area contributed by atoms with Gasteiger partial charge in [-0.05, 0) is 17.7 Å². The maximum Gasteiger partial charge on any atom is 0.319 e. The molecule has 7 nitrogen and oxygen atoms in total. The minimum atomic E-state index is -0.550. The summed E-state index contributed by atoms with van der Waals surface area (Å²) in [7, 11) is 0. The van der Waals surface area contributed by atoms with Crippen LogP contribution in [-0.2, 0) is 4.79 Å². The van der Waals surface area contributed by atoms with Crippen molar-refractivity contribution in [1.29, 1.82) is 0 Å². The quantitative estimate of drug-likeness (QED) is 0.620. The van der Waals surface area contributed by atoms with Crippen LogP contribution in [0.1, 0.15) is 11.6 Å². The van der Waals surface area contributed by atoms with Crippen LogP contribution in [0.5, 0.6) is 5.75 Å². The van der Waals surface area contributed by atoms with Crippen molar-refractivity contribution >= 4 is 11.9 Å². The Hall–Kier alpha value is -2.54. The first-order valence-corrected chi connectivity index (χ1v) is 6.60. The van der Waals surface area contributed by atoms with E-state index >= 15 is 0 Å². The van der Waals surface area contributed by atoms with Gasteiger partial charge in [-0.15, -0.1) is 0 Å². The van der Waals surface area contributed by atoms with Gasteiger partial charge in [0.2, 0.25) is 0 Å². The molecule has 2 aliphatic heterocycles. The average Bonchev–Trinajstić information content (AvgIpc) is 2.76. The molecular weight excluding hydrogens is 274 g/mol. The second-order valence-electron chi connectivity index (χ2n) is 4.97. The Morgan fingerprint density at radius 2 is 1.95 bits per heavy atom. The molecule has 2 heterocycles. The number of rotatable bonds is 3. The number of amides is 3. The second-order valence-corrected chi connectivity index (χ2v) is 4.97. The predicted molar refractivity (Wildman–Crippen MR) is 73.2 cm³/mol. The Bertz CT molecular complexity index is 624. The lowest BCUT2D eigenvalue weighted by atomic mass is 9.96. The zero-order chi connectivity index (χ0) is 15.0. The largest absolute Gasteiger partial charge is 0.508 e. The number of nitrogens with zero attached hydrogens (tertiary/aromatic N) is 1. The molecule has 110 valence electrons. The summed E-state index contributed by atoms with van der Waals surface area (Å²) in [5.41, 5.74) is 1.76. The molecule has 0 saturated carbocycles. The number of urea groups is 1. The maximum atomic E-state index is 12.4. The van der Waals surface area contributed by atoms with Crippen LogP contribution < -0.4 is 10.6 Å². The Morgan fingerprint density at radius 1 is 1.24 bits per heavy atom. The van der Waals surface area contributed by atoms with Crippen molar-refractivity contribution in [2.75, 3.05) is 19.7 Å². The number of carbonyl (C=O) groups excluding carboxylic acids is 2. The van der Waals surface area contributed by atoms with Gasteiger partial charge in [-0.1, -0.05) is 12.1 Å². The van der Waals surface area contributed by atoms with Gasteiger partial charge in [0.25, 0.3) is 5.91 Å². The van der Waals surface area contributed by atoms with Crippen LogP contribution in [0.3, 0.4) is 0 Å². The summed E-state index contributed by atoms with van der Waals surface area (Å²) in [6.45, 7) is 0.387. The van der Waals surface area contributed by atoms with E-state index in [0.29, 0.717) is 16.8 Å². The van der Waals surface area contributed by atoms with Crippen molar-refractivity contribution in [3.8, 4) is 5.75 Å². The van der Waals surface area contributed by atoms with Crippen molar-refractivity contribution in [3.05, 3.63) is 41.1 Å². The van der Waals surface area contributed by atoms with Crippen LogP contribution in [0.25, 0.3) is 0 Å². The number of phenolic OH excluding ortho intramolecular Hbond substituents is 1. The van der Waals surface area contributed by atoms with Crippen molar-refractivity contribution in [1.82, 2.24) is 15.5 Å². The molecule has 0 aromatic heterocycles. The normalized spacial score (nSPS) is 21.2. The van der Waals surface area contributed by atoms with E-state index < -0.39 is 6.04 Å². The number of β-amino-alcohol motifs (C(OH)–C–C–N with tert-alkyl or cyclic N) is 1. The first kappa shape index (κ1) is 13.4. The maximum absolute atomic E-state index is 12.4. The van der Waals surface area contributed by atoms with E-state index in [1.54, 1.807) is 12.1 Å². The van der Waals surface area contributed by atoms with Crippen LogP contribution in [0.15, 0.2) is 35.5 Å². The van der Waals surface area contributed by atoms with E-state index in [0.717, 1.165) is 0 Å². The van der Waals surface area contributed by atoms with E-state index in [4.69, 9.17) is 5.11 Å². The Labute approximate surface area is 120 Å². The van der Waals surface area contributed by atoms with Crippen LogP contribution in [0, 0.1) is 0 Å². The second kappa shape index (κ2) is 5.10. The number of aliphatic hydroxyl groups excluding tert-OH is 1. The molecule has 21 heavy (non-hydrogen) atoms. The lowest BCUT2D eigenvalue weighted by Gasteiger charge is -2.25. The summed E-state index contributed by atoms with van der Waals surface area (Å²) >= 11 is 0. The zero-order valence-electron chi connectivity index (χ0n) is 11.2. The highest BCUT2D eigenvalue weighted by Crippen LogP contribution is 2.32. The van der Waals surface area contributed by atoms with Crippen molar-refractivity contribution < 1.29 is 19.8 Å². The molecule has 0 aliphatic carbocycles. The van der Waals surface area contributed by atoms with E-state index in [9.17, 15) is 14.7 Å². The minimum absolute atomic E-state index is 0.118. The summed E-state index contributed by atoms with van der Waals surface area (Å²) in [6, 6.07) is 5.43. The summed E-state index contributed by atoms with van der Waals surface area (Å²) in [5, 5.41) is 23.7. The van der Waals surface area contributed by atoms with E-state index in [1.807, 2.05) is 0 Å². The third-order valence-corrected chi connectivity index (χ3v) is 3.62. The van der Waals surface area contributed by atoms with Gasteiger partial charge in [-0.3, -0.25) is 4.79 Å². The van der Waals surface area contributed by atoms with Crippen molar-refractivity contribution in [3.63, 3.8) is 0 Å². The molecular formula is C14H15N3O4. The molecule has 1 atom stereocenters. The lowest BCUT2D eigenvalue weighted by molar-refractivity contribution is -0.126. The first-order valence-electron chi connectivity index (χ1n) is 6.60. The molecule has 0 spiro atoms. The van der Waals surface area contributed by atoms with Crippen LogP contribution >= 0.6 is 0 Å². The number of phenols is 1. The van der Waals surface area contributed by atoms with Crippen LogP contribution in [0.4, 0.5) is 4.79 Å². The minimum Gasteiger partial charge on any atom is -0.508 e. The molecule has 1 aromatic rings. The molecule has 3 rings (SSSR count). The number of aliphatic hydroxyl groups is 1. The molecule has 0 saturated heterocycles. The summed E-state index contributed by atoms with van der Waals surface area (Å²) in [5.74, 6) is -0.0857. The smallest absolute Gasteiger partial charge is 0.319 e. The average molecular weight is 289 g/mol. The standard InChI is InChI=1S/C14H15N3O4/c18-6-5-17-7-10-11(13(17)20)12(16-14(21)15-10)8-1-3-9(19)4-2-8/h1-4,12,18-19H,5-7H2,(H2,15,16,21)/t12-/m1/s1. The van der Waals surface area contributed by atoms with E-state index in [1.165, 1.54) is 17.0 Å². The summed E-state index contributed by atoms with van der Waals surface area (Å²) in [4.78, 5) is 25.6. The molecule has 0 unspecified atom stereocenters. The fourth-order valence-corrected chi connectivity index (χ4v) is 2.65. The predicted octanol–water partition coefficient (Wildman–Crippen LogP) is -0.165. The Kier molecular flexibility index (Phi) is 3.26. The van der Waals surface area contributed by atoms with Gasteiger partial charge in [0.1, 0.15) is 5.75 Å². The highest BCUT2D eigenvalue weighted by molar-refractivity contribution is 6.01. The van der Waals surface area contributed by atoms with Crippen molar-refractivity contribution in [2.24, 2.45) is 0 Å². The first-order chi connectivity index (χ1) is 10.1. The number of benzene rings is 1. The Morgan fingerprint density at radius 3 is 2.62 bits per heavy atom. The molecule has 2 aliphatic rings. The highest BCUT2D eigenvalue weighted by Gasteiger charge is 2.39. The molecule has 3 amide bonds. The number of hydrogen-bond acceptors (Lipinski definition) is 4. The molecule has 0 bridgehead atoms. The summed E-state index contributed by atoms with van der Waals surface area (Å²) in [6.07, 6.45) is 0. The topological polar surface area (TPSA) is 102 Å². The van der Waals surface area contributed by atoms with Gasteiger partial charge in [0, 0.05) is 6.54 Å². The van der Waals surface area contributed by atoms with Gasteiger partial charge in [0.15, 0.2) is 0 Å². The SMILES string of the molecule is O=C1NC2=C(C(=O)N(CCO)C2)[C@@H](c2ccc(O)cc2)N1. The highest BCUT2D eigenvalue weighted by atomic mass is 16.3. The number of hydrogen-bond donors (Lipinski definition) is 4. The van der Waals surface area contributed by atoms with Crippen LogP contribution in [0.2, 0.25) is 0 Å². The third kappa shape index (κ3) is 2.31. The molecule has 0 fully saturated rings. The number of carbonyl (C=O) groups is 2. The third-order valence-electron chi connectivity index (χ3n) is 3.62. The molecule has 7 heteroatoms. The van der Waals surface area contributed by atoms with E-state index in [2.05, 4.69) is 10.6 Å². The molecule has 4 N–H and O–H groups in total. The zero-order valence-corrected chi connectivity index (χ0v) is 11.2. The molecule has 0 radical (unpaired) electrons. The van der Waals surface area contributed by atoms with Gasteiger partial charge < -0.3 is 25.7 Å². The van der Waals surface area contributed by atoms with Crippen LogP contribution in [-0.4, -0.2) is 46.7 Å². The van der Waals surface area contributed by atoms with Gasteiger partial charge in [-0.2, -0.15) is 0 Å². The van der Waals surface area contributed by atoms with Gasteiger partial charge in [-0.25, -0.2) is 4.79 Å². The monoisotopic (exact) mass is 289 g/mol. The number of aromatic hydroxyl groups is 1. The number of nitrogens with one attached hydrogen (secondary N) is 2. The van der Waals surface area contributed by atoms with E-state index in [-0.39, 0.29) is 37.4 Å². The van der Waals surface area contributed by atoms with Crippen molar-refractivity contribution in [2.45, 2.75) is 6.04 Å². The Balaban J connectivity index is 1.96. The fraction of sp³-hybridized carbons (Fsp3) is 0.286. The molecule has 1 aromatic carbocycles. The summed E-state index contributed by atoms with van der Waals surface area (Å²) < 4.78 is 0. The van der Waals surface area contributed by atoms with Gasteiger partial charge >= 0.3 is 6.03 Å². The lowest BCUT2D eigenvalue weighted by Crippen LogP contribution is -2.44. The van der Waals surface area contributed by atoms with Gasteiger partial charge in [0.05, 0.1) is 30.5 Å².